The number of phenols is 2. The summed E-state index contributed by atoms with van der Waals surface area (Å²) in [6.45, 7) is 5.84. The molecule has 2 aromatic rings. The Balaban J connectivity index is 2.19. The normalized spacial score (nSPS) is 14.8. The number of amides is 7. The van der Waals surface area contributed by atoms with E-state index in [0.717, 1.165) is 0 Å². The van der Waals surface area contributed by atoms with E-state index in [2.05, 4.69) is 37.2 Å². The molecule has 15 N–H and O–H groups in total. The number of nitrogens with two attached hydrogens (primary N) is 1. The third kappa shape index (κ3) is 19.1. The van der Waals surface area contributed by atoms with E-state index in [-0.39, 0.29) is 36.7 Å². The van der Waals surface area contributed by atoms with E-state index in [1.807, 2.05) is 0 Å². The maximum atomic E-state index is 13.6. The second-order valence-corrected chi connectivity index (χ2v) is 16.4. The molecule has 0 aliphatic heterocycles. The van der Waals surface area contributed by atoms with Gasteiger partial charge in [0.05, 0.1) is 25.3 Å². The van der Waals surface area contributed by atoms with Crippen LogP contribution in [-0.4, -0.2) is 145 Å². The van der Waals surface area contributed by atoms with Crippen molar-refractivity contribution in [3.8, 4) is 11.5 Å². The Hall–Kier alpha value is -6.85. The van der Waals surface area contributed by atoms with Gasteiger partial charge in [0.1, 0.15) is 47.8 Å². The number of hydrogen-bond acceptors (Lipinski definition) is 14. The Morgan fingerprint density at radius 2 is 1.06 bits per heavy atom. The van der Waals surface area contributed by atoms with Crippen LogP contribution in [0.2, 0.25) is 0 Å². The van der Waals surface area contributed by atoms with Gasteiger partial charge in [0.25, 0.3) is 0 Å². The molecule has 364 valence electrons. The predicted octanol–water partition coefficient (Wildman–Crippen LogP) is -2.74. The van der Waals surface area contributed by atoms with E-state index < -0.39 is 134 Å². The zero-order valence-corrected chi connectivity index (χ0v) is 37.3. The first-order chi connectivity index (χ1) is 30.9. The van der Waals surface area contributed by atoms with E-state index in [0.29, 0.717) is 11.1 Å². The van der Waals surface area contributed by atoms with Gasteiger partial charge < -0.3 is 73.6 Å². The number of phenolic OH excluding ortho intramolecular Hbond substituents is 2. The Kier molecular flexibility index (Phi) is 22.5. The van der Waals surface area contributed by atoms with Crippen LogP contribution in [-0.2, 0) is 56.0 Å². The molecule has 0 bridgehead atoms. The minimum atomic E-state index is -1.70. The number of carbonyl (C=O) groups excluding carboxylic acids is 7. The topological polar surface area (TPSA) is 385 Å². The summed E-state index contributed by atoms with van der Waals surface area (Å²) in [6.07, 6.45) is -2.75. The Bertz CT molecular complexity index is 2000. The highest BCUT2D eigenvalue weighted by Gasteiger charge is 2.35. The zero-order chi connectivity index (χ0) is 49.8. The SMILES string of the molecule is CC(C)C[C@H](NC(=O)[C@H](CCC(=O)O)NC(=O)[C@@H](N)Cc1ccc(O)cc1)C(=O)N[C@@H](CO)C(=O)NCC(=O)N[C@@H](Cc1ccc(O)cc1)C(=O)N[C@H](C(=O)N[C@H](C(=O)O)C(C)C)[C@@H](C)O. The smallest absolute Gasteiger partial charge is 0.326 e. The summed E-state index contributed by atoms with van der Waals surface area (Å²) >= 11 is 0. The summed E-state index contributed by atoms with van der Waals surface area (Å²) < 4.78 is 0. The second-order valence-electron chi connectivity index (χ2n) is 16.4. The summed E-state index contributed by atoms with van der Waals surface area (Å²) in [4.78, 5) is 116. The average Bonchev–Trinajstić information content (AvgIpc) is 3.24. The van der Waals surface area contributed by atoms with Crippen LogP contribution in [0.4, 0.5) is 0 Å². The average molecular weight is 931 g/mol. The molecule has 8 atom stereocenters. The molecule has 23 nitrogen and oxygen atoms in total. The lowest BCUT2D eigenvalue weighted by Crippen LogP contribution is -2.60. The maximum absolute atomic E-state index is 13.6. The second kappa shape index (κ2) is 26.8. The highest BCUT2D eigenvalue weighted by atomic mass is 16.4. The van der Waals surface area contributed by atoms with Crippen LogP contribution in [0, 0.1) is 11.8 Å². The fourth-order valence-electron chi connectivity index (χ4n) is 6.26. The first-order valence-corrected chi connectivity index (χ1v) is 21.1. The van der Waals surface area contributed by atoms with E-state index in [4.69, 9.17) is 5.73 Å². The van der Waals surface area contributed by atoms with Gasteiger partial charge in [0.2, 0.25) is 41.4 Å². The van der Waals surface area contributed by atoms with Crippen molar-refractivity contribution in [3.63, 3.8) is 0 Å². The first kappa shape index (κ1) is 55.3. The molecule has 0 fully saturated rings. The first-order valence-electron chi connectivity index (χ1n) is 21.1. The van der Waals surface area contributed by atoms with Crippen molar-refractivity contribution < 1.29 is 73.8 Å². The molecular weight excluding hydrogens is 869 g/mol. The van der Waals surface area contributed by atoms with E-state index in [1.54, 1.807) is 13.8 Å². The number of nitrogens with one attached hydrogen (secondary N) is 7. The number of hydrogen-bond donors (Lipinski definition) is 14. The number of carboxylic acids is 2. The van der Waals surface area contributed by atoms with Gasteiger partial charge in [-0.05, 0) is 73.4 Å². The molecule has 2 aromatic carbocycles. The monoisotopic (exact) mass is 930 g/mol. The van der Waals surface area contributed by atoms with Crippen molar-refractivity contribution in [2.75, 3.05) is 13.2 Å². The number of aliphatic hydroxyl groups is 2. The Morgan fingerprint density at radius 3 is 1.55 bits per heavy atom. The molecule has 0 aliphatic carbocycles. The standard InChI is InChI=1S/C43H62N8O15/c1-21(2)16-30(48-39(61)29(14-15-34(57)58)47-37(59)28(44)17-24-6-10-26(54)11-7-24)40(62)49-32(20-52)38(60)45-19-33(56)46-31(18-25-8-12-27(55)13-9-25)41(63)51-36(23(5)53)42(64)50-35(22(3)4)43(65)66/h6-13,21-23,28-32,35-36,52-55H,14-20,44H2,1-5H3,(H,45,60)(H,46,56)(H,47,59)(H,48,61)(H,49,62)(H,50,64)(H,51,63)(H,57,58)(H,65,66)/t23-,28+,29+,30+,31+,32+,35+,36+/m1/s1. The summed E-state index contributed by atoms with van der Waals surface area (Å²) in [5, 5.41) is 74.9. The Morgan fingerprint density at radius 1 is 0.576 bits per heavy atom. The molecule has 0 aliphatic rings. The number of carboxylic acid groups (broad SMARTS) is 2. The Labute approximate surface area is 380 Å². The van der Waals surface area contributed by atoms with Gasteiger partial charge in [-0.25, -0.2) is 4.79 Å². The van der Waals surface area contributed by atoms with Crippen LogP contribution in [0.1, 0.15) is 65.0 Å². The van der Waals surface area contributed by atoms with Crippen LogP contribution < -0.4 is 43.0 Å². The van der Waals surface area contributed by atoms with Gasteiger partial charge in [-0.3, -0.25) is 38.4 Å². The molecule has 0 saturated heterocycles. The molecule has 0 spiro atoms. The summed E-state index contributed by atoms with van der Waals surface area (Å²) in [5.74, 6) is -10.4. The van der Waals surface area contributed by atoms with Crippen LogP contribution in [0.25, 0.3) is 0 Å². The lowest BCUT2D eigenvalue weighted by Gasteiger charge is -2.27. The number of benzene rings is 2. The molecule has 7 amide bonds. The molecule has 66 heavy (non-hydrogen) atoms. The van der Waals surface area contributed by atoms with E-state index in [9.17, 15) is 73.8 Å². The van der Waals surface area contributed by atoms with Gasteiger partial charge in [-0.1, -0.05) is 52.0 Å². The highest BCUT2D eigenvalue weighted by molar-refractivity contribution is 5.97. The zero-order valence-electron chi connectivity index (χ0n) is 37.3. The molecule has 23 heteroatoms. The van der Waals surface area contributed by atoms with Gasteiger partial charge in [0, 0.05) is 12.8 Å². The fourth-order valence-corrected chi connectivity index (χ4v) is 6.26. The van der Waals surface area contributed by atoms with Crippen LogP contribution in [0.3, 0.4) is 0 Å². The molecule has 0 radical (unpaired) electrons. The van der Waals surface area contributed by atoms with Gasteiger partial charge in [-0.2, -0.15) is 0 Å². The maximum Gasteiger partial charge on any atom is 0.326 e. The molecule has 0 unspecified atom stereocenters. The third-order valence-electron chi connectivity index (χ3n) is 9.91. The molecule has 0 heterocycles. The summed E-state index contributed by atoms with van der Waals surface area (Å²) in [7, 11) is 0. The lowest BCUT2D eigenvalue weighted by molar-refractivity contribution is -0.144. The fraction of sp³-hybridized carbons (Fsp3) is 0.512. The van der Waals surface area contributed by atoms with Crippen molar-refractivity contribution in [1.29, 1.82) is 0 Å². The molecular formula is C43H62N8O15. The lowest BCUT2D eigenvalue weighted by atomic mass is 10.0. The van der Waals surface area contributed by atoms with Crippen LogP contribution >= 0.6 is 0 Å². The van der Waals surface area contributed by atoms with Crippen molar-refractivity contribution in [2.45, 2.75) is 115 Å². The van der Waals surface area contributed by atoms with E-state index in [1.165, 1.54) is 69.3 Å². The number of aliphatic hydroxyl groups excluding tert-OH is 2. The minimum absolute atomic E-state index is 0.000796. The van der Waals surface area contributed by atoms with Gasteiger partial charge in [-0.15, -0.1) is 0 Å². The van der Waals surface area contributed by atoms with Crippen molar-refractivity contribution >= 4 is 53.3 Å². The number of aliphatic carboxylic acids is 2. The minimum Gasteiger partial charge on any atom is -0.508 e. The molecule has 0 saturated carbocycles. The van der Waals surface area contributed by atoms with E-state index >= 15 is 0 Å². The van der Waals surface area contributed by atoms with Gasteiger partial charge >= 0.3 is 11.9 Å². The molecule has 2 rings (SSSR count). The van der Waals surface area contributed by atoms with Crippen molar-refractivity contribution in [1.82, 2.24) is 37.2 Å². The van der Waals surface area contributed by atoms with Crippen molar-refractivity contribution in [2.24, 2.45) is 17.6 Å². The largest absolute Gasteiger partial charge is 0.508 e. The predicted molar refractivity (Wildman–Crippen MR) is 234 cm³/mol. The quantitative estimate of drug-likeness (QED) is 0.0432. The van der Waals surface area contributed by atoms with Crippen LogP contribution in [0.15, 0.2) is 48.5 Å². The van der Waals surface area contributed by atoms with Crippen LogP contribution in [0.5, 0.6) is 11.5 Å². The summed E-state index contributed by atoms with van der Waals surface area (Å²) in [5.41, 5.74) is 7.05. The highest BCUT2D eigenvalue weighted by Crippen LogP contribution is 2.14. The summed E-state index contributed by atoms with van der Waals surface area (Å²) in [6, 6.07) is 1.09. The molecule has 0 aromatic heterocycles. The number of carbonyl (C=O) groups is 9. The number of rotatable bonds is 27. The van der Waals surface area contributed by atoms with Crippen molar-refractivity contribution in [3.05, 3.63) is 59.7 Å². The third-order valence-corrected chi connectivity index (χ3v) is 9.91. The van der Waals surface area contributed by atoms with Gasteiger partial charge in [0.15, 0.2) is 0 Å². The number of aromatic hydroxyl groups is 2.